The standard InChI is InChI=1S/C10H6Cl2N2OS/c11-9-2-1-8(16-9)6(5-15)7-3-4-13-10(12)14-7/h1-6H. The van der Waals surface area contributed by atoms with Gasteiger partial charge >= 0.3 is 0 Å². The predicted molar refractivity (Wildman–Crippen MR) is 64.3 cm³/mol. The number of aromatic nitrogens is 2. The van der Waals surface area contributed by atoms with Crippen molar-refractivity contribution in [2.75, 3.05) is 0 Å². The number of carbonyl (C=O) groups excluding carboxylic acids is 1. The van der Waals surface area contributed by atoms with Crippen molar-refractivity contribution in [2.24, 2.45) is 0 Å². The van der Waals surface area contributed by atoms with E-state index in [-0.39, 0.29) is 5.28 Å². The van der Waals surface area contributed by atoms with Gasteiger partial charge in [-0.1, -0.05) is 11.6 Å². The van der Waals surface area contributed by atoms with E-state index in [0.29, 0.717) is 10.0 Å². The molecule has 6 heteroatoms. The lowest BCUT2D eigenvalue weighted by atomic mass is 10.1. The van der Waals surface area contributed by atoms with Crippen LogP contribution < -0.4 is 0 Å². The van der Waals surface area contributed by atoms with E-state index in [1.807, 2.05) is 6.07 Å². The molecule has 16 heavy (non-hydrogen) atoms. The third-order valence-electron chi connectivity index (χ3n) is 2.00. The second-order valence-corrected chi connectivity index (χ2v) is 5.09. The summed E-state index contributed by atoms with van der Waals surface area (Å²) < 4.78 is 0.641. The molecule has 82 valence electrons. The summed E-state index contributed by atoms with van der Waals surface area (Å²) in [6.45, 7) is 0. The average Bonchev–Trinajstić information content (AvgIpc) is 2.66. The fourth-order valence-electron chi connectivity index (χ4n) is 1.30. The zero-order chi connectivity index (χ0) is 11.5. The number of rotatable bonds is 3. The molecule has 0 spiro atoms. The van der Waals surface area contributed by atoms with Crippen molar-refractivity contribution in [1.82, 2.24) is 9.97 Å². The number of nitrogens with zero attached hydrogens (tertiary/aromatic N) is 2. The van der Waals surface area contributed by atoms with Crippen LogP contribution in [0.5, 0.6) is 0 Å². The third-order valence-corrected chi connectivity index (χ3v) is 3.50. The van der Waals surface area contributed by atoms with Crippen LogP contribution in [-0.4, -0.2) is 16.3 Å². The van der Waals surface area contributed by atoms with Gasteiger partial charge in [0.05, 0.1) is 15.9 Å². The van der Waals surface area contributed by atoms with Crippen LogP contribution in [0.15, 0.2) is 24.4 Å². The van der Waals surface area contributed by atoms with Crippen molar-refractivity contribution in [1.29, 1.82) is 0 Å². The smallest absolute Gasteiger partial charge is 0.222 e. The minimum absolute atomic E-state index is 0.131. The molecule has 2 heterocycles. The van der Waals surface area contributed by atoms with Crippen molar-refractivity contribution < 1.29 is 4.79 Å². The lowest BCUT2D eigenvalue weighted by Gasteiger charge is -2.06. The lowest BCUT2D eigenvalue weighted by molar-refractivity contribution is -0.108. The molecule has 0 bridgehead atoms. The maximum absolute atomic E-state index is 11.1. The van der Waals surface area contributed by atoms with Crippen LogP contribution in [0.2, 0.25) is 9.62 Å². The normalized spacial score (nSPS) is 12.4. The van der Waals surface area contributed by atoms with Crippen molar-refractivity contribution in [3.8, 4) is 0 Å². The monoisotopic (exact) mass is 272 g/mol. The highest BCUT2D eigenvalue weighted by molar-refractivity contribution is 7.16. The molecule has 0 amide bonds. The molecule has 1 unspecified atom stereocenters. The van der Waals surface area contributed by atoms with Crippen LogP contribution in [0.3, 0.4) is 0 Å². The first-order valence-electron chi connectivity index (χ1n) is 4.39. The van der Waals surface area contributed by atoms with E-state index in [1.165, 1.54) is 17.5 Å². The summed E-state index contributed by atoms with van der Waals surface area (Å²) in [6, 6.07) is 5.22. The maximum atomic E-state index is 11.1. The van der Waals surface area contributed by atoms with Crippen LogP contribution in [0, 0.1) is 0 Å². The Morgan fingerprint density at radius 2 is 2.12 bits per heavy atom. The predicted octanol–water partition coefficient (Wildman–Crippen LogP) is 3.18. The van der Waals surface area contributed by atoms with Gasteiger partial charge in [0.2, 0.25) is 5.28 Å². The Morgan fingerprint density at radius 1 is 1.31 bits per heavy atom. The van der Waals surface area contributed by atoms with Crippen LogP contribution in [0.25, 0.3) is 0 Å². The summed E-state index contributed by atoms with van der Waals surface area (Å²) in [5, 5.41) is 0.131. The molecule has 0 fully saturated rings. The number of hydrogen-bond acceptors (Lipinski definition) is 4. The molecular weight excluding hydrogens is 267 g/mol. The molecule has 0 saturated heterocycles. The maximum Gasteiger partial charge on any atom is 0.222 e. The summed E-state index contributed by atoms with van der Waals surface area (Å²) in [7, 11) is 0. The Hall–Kier alpha value is -0.970. The van der Waals surface area contributed by atoms with Gasteiger partial charge in [0.15, 0.2) is 0 Å². The average molecular weight is 273 g/mol. The summed E-state index contributed by atoms with van der Waals surface area (Å²) >= 11 is 12.9. The number of halogens is 2. The number of hydrogen-bond donors (Lipinski definition) is 0. The molecule has 0 saturated carbocycles. The van der Waals surface area contributed by atoms with E-state index >= 15 is 0 Å². The first-order chi connectivity index (χ1) is 7.70. The van der Waals surface area contributed by atoms with Crippen LogP contribution >= 0.6 is 34.5 Å². The molecule has 0 aromatic carbocycles. The van der Waals surface area contributed by atoms with Gasteiger partial charge < -0.3 is 4.79 Å². The molecular formula is C10H6Cl2N2OS. The van der Waals surface area contributed by atoms with E-state index in [4.69, 9.17) is 23.2 Å². The fraction of sp³-hybridized carbons (Fsp3) is 0.100. The summed E-state index contributed by atoms with van der Waals surface area (Å²) in [5.74, 6) is -0.432. The minimum atomic E-state index is -0.432. The van der Waals surface area contributed by atoms with Crippen LogP contribution in [0.1, 0.15) is 16.5 Å². The van der Waals surface area contributed by atoms with Gasteiger partial charge in [0, 0.05) is 11.1 Å². The van der Waals surface area contributed by atoms with E-state index in [0.717, 1.165) is 11.2 Å². The summed E-state index contributed by atoms with van der Waals surface area (Å²) in [6.07, 6.45) is 2.34. The van der Waals surface area contributed by atoms with E-state index in [9.17, 15) is 4.79 Å². The minimum Gasteiger partial charge on any atom is -0.302 e. The number of carbonyl (C=O) groups is 1. The molecule has 0 radical (unpaired) electrons. The molecule has 0 aliphatic carbocycles. The Kier molecular flexibility index (Phi) is 3.53. The summed E-state index contributed by atoms with van der Waals surface area (Å²) in [4.78, 5) is 19.7. The van der Waals surface area contributed by atoms with E-state index < -0.39 is 5.92 Å². The Bertz CT molecular complexity index is 515. The second-order valence-electron chi connectivity index (χ2n) is 3.01. The summed E-state index contributed by atoms with van der Waals surface area (Å²) in [5.41, 5.74) is 0.577. The largest absolute Gasteiger partial charge is 0.302 e. The van der Waals surface area contributed by atoms with Gasteiger partial charge in [-0.05, 0) is 29.8 Å². The SMILES string of the molecule is O=CC(c1ccnc(Cl)n1)c1ccc(Cl)s1. The highest BCUT2D eigenvalue weighted by Gasteiger charge is 2.17. The van der Waals surface area contributed by atoms with Gasteiger partial charge in [-0.3, -0.25) is 0 Å². The zero-order valence-electron chi connectivity index (χ0n) is 7.93. The Balaban J connectivity index is 2.40. The molecule has 0 N–H and O–H groups in total. The molecule has 2 aromatic rings. The number of thiophene rings is 1. The molecule has 1 atom stereocenters. The van der Waals surface area contributed by atoms with Gasteiger partial charge in [-0.15, -0.1) is 11.3 Å². The quantitative estimate of drug-likeness (QED) is 0.637. The molecule has 0 aliphatic heterocycles. The second kappa shape index (κ2) is 4.91. The van der Waals surface area contributed by atoms with Crippen molar-refractivity contribution >= 4 is 40.8 Å². The van der Waals surface area contributed by atoms with Crippen molar-refractivity contribution in [3.05, 3.63) is 44.6 Å². The van der Waals surface area contributed by atoms with Gasteiger partial charge in [-0.2, -0.15) is 0 Å². The highest BCUT2D eigenvalue weighted by atomic mass is 35.5. The first-order valence-corrected chi connectivity index (χ1v) is 5.97. The molecule has 0 aliphatic rings. The first kappa shape index (κ1) is 11.5. The van der Waals surface area contributed by atoms with Crippen LogP contribution in [0.4, 0.5) is 0 Å². The highest BCUT2D eigenvalue weighted by Crippen LogP contribution is 2.30. The topological polar surface area (TPSA) is 42.9 Å². The van der Waals surface area contributed by atoms with Gasteiger partial charge in [0.25, 0.3) is 0 Å². The zero-order valence-corrected chi connectivity index (χ0v) is 10.3. The fourth-order valence-corrected chi connectivity index (χ4v) is 2.58. The molecule has 3 nitrogen and oxygen atoms in total. The molecule has 2 aromatic heterocycles. The van der Waals surface area contributed by atoms with Crippen LogP contribution in [-0.2, 0) is 4.79 Å². The van der Waals surface area contributed by atoms with Gasteiger partial charge in [0.1, 0.15) is 6.29 Å². The Morgan fingerprint density at radius 3 is 2.69 bits per heavy atom. The number of aldehydes is 1. The lowest BCUT2D eigenvalue weighted by Crippen LogP contribution is -2.03. The van der Waals surface area contributed by atoms with E-state index in [2.05, 4.69) is 9.97 Å². The third kappa shape index (κ3) is 2.40. The van der Waals surface area contributed by atoms with Crippen molar-refractivity contribution in [3.63, 3.8) is 0 Å². The molecule has 2 rings (SSSR count). The van der Waals surface area contributed by atoms with Gasteiger partial charge in [-0.25, -0.2) is 9.97 Å². The Labute approximate surface area is 106 Å². The van der Waals surface area contributed by atoms with Crippen molar-refractivity contribution in [2.45, 2.75) is 5.92 Å². The van der Waals surface area contributed by atoms with E-state index in [1.54, 1.807) is 12.1 Å².